The van der Waals surface area contributed by atoms with Gasteiger partial charge in [0.25, 0.3) is 0 Å². The zero-order valence-corrected chi connectivity index (χ0v) is 15.4. The van der Waals surface area contributed by atoms with Crippen molar-refractivity contribution in [3.8, 4) is 5.82 Å². The molecule has 8 heteroatoms. The molecule has 0 radical (unpaired) electrons. The van der Waals surface area contributed by atoms with Gasteiger partial charge in [-0.1, -0.05) is 17.7 Å². The summed E-state index contributed by atoms with van der Waals surface area (Å²) in [5.41, 5.74) is 0.731. The molecule has 0 saturated carbocycles. The normalized spacial score (nSPS) is 14.9. The van der Waals surface area contributed by atoms with Crippen molar-refractivity contribution in [1.82, 2.24) is 20.0 Å². The Bertz CT molecular complexity index is 904. The van der Waals surface area contributed by atoms with E-state index in [4.69, 9.17) is 11.6 Å². The summed E-state index contributed by atoms with van der Waals surface area (Å²) in [4.78, 5) is 14.6. The monoisotopic (exact) mass is 382 g/mol. The second-order valence-electron chi connectivity index (χ2n) is 6.46. The van der Waals surface area contributed by atoms with E-state index in [1.807, 2.05) is 36.5 Å². The van der Waals surface area contributed by atoms with Crippen molar-refractivity contribution >= 4 is 29.0 Å². The first-order chi connectivity index (χ1) is 13.2. The minimum Gasteiger partial charge on any atom is -0.355 e. The predicted octanol–water partition coefficient (Wildman–Crippen LogP) is 3.17. The Balaban J connectivity index is 1.34. The summed E-state index contributed by atoms with van der Waals surface area (Å²) in [7, 11) is 0. The first-order valence-electron chi connectivity index (χ1n) is 8.84. The van der Waals surface area contributed by atoms with Gasteiger partial charge in [0.2, 0.25) is 5.91 Å². The molecule has 1 amide bonds. The molecule has 1 N–H and O–H groups in total. The lowest BCUT2D eigenvalue weighted by Gasteiger charge is -2.31. The maximum Gasteiger partial charge on any atom is 0.227 e. The van der Waals surface area contributed by atoms with Crippen LogP contribution in [0, 0.1) is 5.92 Å². The van der Waals surface area contributed by atoms with Crippen LogP contribution in [0.3, 0.4) is 0 Å². The number of halogens is 1. The van der Waals surface area contributed by atoms with Gasteiger partial charge in [-0.15, -0.1) is 10.2 Å². The highest BCUT2D eigenvalue weighted by molar-refractivity contribution is 6.30. The highest BCUT2D eigenvalue weighted by Gasteiger charge is 2.26. The molecule has 1 saturated heterocycles. The standard InChI is InChI=1S/C19H19ClN6O/c20-15-3-1-4-16(13-15)22-19(27)14-7-11-25(12-8-14)17-5-6-18(24-23-17)26-10-2-9-21-26/h1-6,9-10,13-14H,7-8,11-12H2,(H,22,27). The highest BCUT2D eigenvalue weighted by Crippen LogP contribution is 2.24. The van der Waals surface area contributed by atoms with Crippen molar-refractivity contribution in [2.75, 3.05) is 23.3 Å². The second-order valence-corrected chi connectivity index (χ2v) is 6.90. The molecule has 0 bridgehead atoms. The lowest BCUT2D eigenvalue weighted by atomic mass is 9.96. The van der Waals surface area contributed by atoms with Crippen molar-refractivity contribution in [3.63, 3.8) is 0 Å². The van der Waals surface area contributed by atoms with Gasteiger partial charge in [0.1, 0.15) is 0 Å². The molecule has 1 aliphatic rings. The number of nitrogens with one attached hydrogen (secondary N) is 1. The van der Waals surface area contributed by atoms with Gasteiger partial charge >= 0.3 is 0 Å². The molecule has 7 nitrogen and oxygen atoms in total. The fourth-order valence-corrected chi connectivity index (χ4v) is 3.38. The fourth-order valence-electron chi connectivity index (χ4n) is 3.19. The molecule has 1 aromatic carbocycles. The summed E-state index contributed by atoms with van der Waals surface area (Å²) >= 11 is 5.97. The first-order valence-corrected chi connectivity index (χ1v) is 9.22. The summed E-state index contributed by atoms with van der Waals surface area (Å²) < 4.78 is 1.67. The molecule has 1 aliphatic heterocycles. The lowest BCUT2D eigenvalue weighted by molar-refractivity contribution is -0.120. The van der Waals surface area contributed by atoms with Crippen LogP contribution in [0.4, 0.5) is 11.5 Å². The molecule has 2 aromatic heterocycles. The summed E-state index contributed by atoms with van der Waals surface area (Å²) in [6, 6.07) is 12.9. The number of rotatable bonds is 4. The third-order valence-electron chi connectivity index (χ3n) is 4.66. The van der Waals surface area contributed by atoms with Crippen molar-refractivity contribution in [2.24, 2.45) is 5.92 Å². The molecule has 27 heavy (non-hydrogen) atoms. The number of aromatic nitrogens is 4. The van der Waals surface area contributed by atoms with E-state index in [1.165, 1.54) is 0 Å². The van der Waals surface area contributed by atoms with Gasteiger partial charge in [-0.2, -0.15) is 5.10 Å². The Kier molecular flexibility index (Phi) is 5.02. The molecule has 4 rings (SSSR count). The van der Waals surface area contributed by atoms with Gasteiger partial charge in [-0.3, -0.25) is 4.79 Å². The maximum absolute atomic E-state index is 12.5. The van der Waals surface area contributed by atoms with Gasteiger partial charge in [0.15, 0.2) is 11.6 Å². The molecule has 0 atom stereocenters. The van der Waals surface area contributed by atoms with Gasteiger partial charge in [0, 0.05) is 42.1 Å². The average molecular weight is 383 g/mol. The van der Waals surface area contributed by atoms with Crippen LogP contribution < -0.4 is 10.2 Å². The Morgan fingerprint density at radius 3 is 2.52 bits per heavy atom. The molecular weight excluding hydrogens is 364 g/mol. The van der Waals surface area contributed by atoms with E-state index in [9.17, 15) is 4.79 Å². The molecule has 3 heterocycles. The summed E-state index contributed by atoms with van der Waals surface area (Å²) in [5, 5.41) is 16.2. The number of benzene rings is 1. The largest absolute Gasteiger partial charge is 0.355 e. The van der Waals surface area contributed by atoms with E-state index < -0.39 is 0 Å². The quantitative estimate of drug-likeness (QED) is 0.750. The zero-order valence-electron chi connectivity index (χ0n) is 14.6. The molecule has 3 aromatic rings. The molecule has 1 fully saturated rings. The number of carbonyl (C=O) groups is 1. The second kappa shape index (κ2) is 7.75. The average Bonchev–Trinajstić information content (AvgIpc) is 3.23. The SMILES string of the molecule is O=C(Nc1cccc(Cl)c1)C1CCN(c2ccc(-n3cccn3)nn2)CC1. The number of hydrogen-bond acceptors (Lipinski definition) is 5. The van der Waals surface area contributed by atoms with E-state index in [0.29, 0.717) is 10.8 Å². The number of hydrogen-bond donors (Lipinski definition) is 1. The van der Waals surface area contributed by atoms with Crippen molar-refractivity contribution in [1.29, 1.82) is 0 Å². The summed E-state index contributed by atoms with van der Waals surface area (Å²) in [6.07, 6.45) is 5.08. The van der Waals surface area contributed by atoms with Crippen LogP contribution in [-0.2, 0) is 4.79 Å². The van der Waals surface area contributed by atoms with Crippen LogP contribution in [-0.4, -0.2) is 39.0 Å². The Morgan fingerprint density at radius 2 is 1.85 bits per heavy atom. The number of amides is 1. The third-order valence-corrected chi connectivity index (χ3v) is 4.89. The Morgan fingerprint density at radius 1 is 1.07 bits per heavy atom. The van der Waals surface area contributed by atoms with E-state index in [-0.39, 0.29) is 11.8 Å². The Hall–Kier alpha value is -2.93. The predicted molar refractivity (Wildman–Crippen MR) is 104 cm³/mol. The maximum atomic E-state index is 12.5. The van der Waals surface area contributed by atoms with Crippen LogP contribution in [0.2, 0.25) is 5.02 Å². The van der Waals surface area contributed by atoms with E-state index in [1.54, 1.807) is 23.0 Å². The van der Waals surface area contributed by atoms with Crippen LogP contribution in [0.1, 0.15) is 12.8 Å². The smallest absolute Gasteiger partial charge is 0.227 e. The topological polar surface area (TPSA) is 75.9 Å². The van der Waals surface area contributed by atoms with Crippen molar-refractivity contribution in [2.45, 2.75) is 12.8 Å². The number of carbonyl (C=O) groups excluding carboxylic acids is 1. The van der Waals surface area contributed by atoms with Gasteiger partial charge in [0.05, 0.1) is 0 Å². The van der Waals surface area contributed by atoms with Crippen molar-refractivity contribution < 1.29 is 4.79 Å². The highest BCUT2D eigenvalue weighted by atomic mass is 35.5. The fraction of sp³-hybridized carbons (Fsp3) is 0.263. The summed E-state index contributed by atoms with van der Waals surface area (Å²) in [6.45, 7) is 1.53. The number of anilines is 2. The molecule has 0 spiro atoms. The number of piperidine rings is 1. The third kappa shape index (κ3) is 4.09. The molecule has 0 unspecified atom stereocenters. The minimum atomic E-state index is -0.0171. The zero-order chi connectivity index (χ0) is 18.6. The van der Waals surface area contributed by atoms with Crippen molar-refractivity contribution in [3.05, 3.63) is 59.9 Å². The van der Waals surface area contributed by atoms with Crippen LogP contribution in [0.15, 0.2) is 54.9 Å². The molecule has 0 aliphatic carbocycles. The molecule has 138 valence electrons. The summed E-state index contributed by atoms with van der Waals surface area (Å²) in [5.74, 6) is 1.52. The first kappa shape index (κ1) is 17.5. The van der Waals surface area contributed by atoms with E-state index >= 15 is 0 Å². The van der Waals surface area contributed by atoms with E-state index in [0.717, 1.165) is 37.4 Å². The van der Waals surface area contributed by atoms with Crippen LogP contribution >= 0.6 is 11.6 Å². The van der Waals surface area contributed by atoms with Crippen LogP contribution in [0.25, 0.3) is 5.82 Å². The van der Waals surface area contributed by atoms with Gasteiger partial charge in [-0.25, -0.2) is 4.68 Å². The van der Waals surface area contributed by atoms with Gasteiger partial charge in [-0.05, 0) is 49.2 Å². The Labute approximate surface area is 162 Å². The lowest BCUT2D eigenvalue weighted by Crippen LogP contribution is -2.38. The van der Waals surface area contributed by atoms with Gasteiger partial charge < -0.3 is 10.2 Å². The minimum absolute atomic E-state index is 0.0171. The van der Waals surface area contributed by atoms with Crippen LogP contribution in [0.5, 0.6) is 0 Å². The molecular formula is C19H19ClN6O. The number of nitrogens with zero attached hydrogens (tertiary/aromatic N) is 5. The van der Waals surface area contributed by atoms with E-state index in [2.05, 4.69) is 25.5 Å².